The van der Waals surface area contributed by atoms with Gasteiger partial charge in [0, 0.05) is 12.3 Å². The molecule has 0 amide bonds. The van der Waals surface area contributed by atoms with Crippen molar-refractivity contribution in [3.05, 3.63) is 24.1 Å². The molecular formula is C8H7FN2O. The molecule has 0 unspecified atom stereocenters. The van der Waals surface area contributed by atoms with E-state index in [1.165, 1.54) is 13.3 Å². The predicted molar refractivity (Wildman–Crippen MR) is 42.6 cm³/mol. The molecule has 62 valence electrons. The molecule has 2 aromatic heterocycles. The van der Waals surface area contributed by atoms with Gasteiger partial charge in [-0.05, 0) is 6.07 Å². The van der Waals surface area contributed by atoms with Gasteiger partial charge in [0.1, 0.15) is 5.52 Å². The first-order valence-corrected chi connectivity index (χ1v) is 3.49. The molecule has 0 aliphatic carbocycles. The Bertz CT molecular complexity index is 410. The van der Waals surface area contributed by atoms with Gasteiger partial charge in [0.25, 0.3) is 0 Å². The lowest BCUT2D eigenvalue weighted by molar-refractivity contribution is 0.399. The fraction of sp³-hybridized carbons (Fsp3) is 0.125. The lowest BCUT2D eigenvalue weighted by atomic mass is 10.4. The maximum Gasteiger partial charge on any atom is 0.213 e. The molecule has 0 bridgehead atoms. The molecule has 12 heavy (non-hydrogen) atoms. The number of hydrogen-bond donors (Lipinski definition) is 1. The van der Waals surface area contributed by atoms with E-state index in [-0.39, 0.29) is 5.82 Å². The monoisotopic (exact) mass is 166 g/mol. The molecule has 0 aromatic carbocycles. The van der Waals surface area contributed by atoms with Crippen LogP contribution in [0.2, 0.25) is 0 Å². The van der Waals surface area contributed by atoms with Crippen LogP contribution in [0.5, 0.6) is 5.88 Å². The average Bonchev–Trinajstić information content (AvgIpc) is 2.47. The highest BCUT2D eigenvalue weighted by Crippen LogP contribution is 2.17. The van der Waals surface area contributed by atoms with Gasteiger partial charge in [-0.15, -0.1) is 0 Å². The van der Waals surface area contributed by atoms with E-state index in [2.05, 4.69) is 9.97 Å². The van der Waals surface area contributed by atoms with Crippen LogP contribution in [0.1, 0.15) is 0 Å². The molecule has 0 saturated heterocycles. The van der Waals surface area contributed by atoms with Gasteiger partial charge in [0.15, 0.2) is 5.82 Å². The summed E-state index contributed by atoms with van der Waals surface area (Å²) in [5, 5.41) is 0. The summed E-state index contributed by atoms with van der Waals surface area (Å²) in [6, 6.07) is 3.41. The van der Waals surface area contributed by atoms with Crippen molar-refractivity contribution in [1.82, 2.24) is 9.97 Å². The van der Waals surface area contributed by atoms with Gasteiger partial charge >= 0.3 is 0 Å². The normalized spacial score (nSPS) is 10.5. The number of nitrogens with zero attached hydrogens (tertiary/aromatic N) is 1. The van der Waals surface area contributed by atoms with Crippen molar-refractivity contribution in [2.45, 2.75) is 0 Å². The first kappa shape index (κ1) is 7.09. The number of rotatable bonds is 1. The van der Waals surface area contributed by atoms with Gasteiger partial charge in [-0.3, -0.25) is 0 Å². The highest BCUT2D eigenvalue weighted by atomic mass is 19.1. The van der Waals surface area contributed by atoms with Crippen LogP contribution in [0.4, 0.5) is 4.39 Å². The Morgan fingerprint density at radius 3 is 3.08 bits per heavy atom. The standard InChI is InChI=1S/C8H7FN2O/c1-12-7-3-2-6-8(11-7)5(9)4-10-6/h2-4,10H,1H3. The quantitative estimate of drug-likeness (QED) is 0.700. The van der Waals surface area contributed by atoms with Crippen LogP contribution in [0.15, 0.2) is 18.3 Å². The van der Waals surface area contributed by atoms with Gasteiger partial charge in [-0.2, -0.15) is 0 Å². The molecule has 3 nitrogen and oxygen atoms in total. The third kappa shape index (κ3) is 0.922. The number of methoxy groups -OCH3 is 1. The Balaban J connectivity index is 2.71. The molecule has 0 atom stereocenters. The van der Waals surface area contributed by atoms with Crippen molar-refractivity contribution in [2.75, 3.05) is 7.11 Å². The summed E-state index contributed by atoms with van der Waals surface area (Å²) in [6.07, 6.45) is 1.27. The highest BCUT2D eigenvalue weighted by Gasteiger charge is 2.04. The van der Waals surface area contributed by atoms with E-state index in [1.54, 1.807) is 12.1 Å². The number of H-pyrrole nitrogens is 1. The topological polar surface area (TPSA) is 37.9 Å². The van der Waals surface area contributed by atoms with Crippen molar-refractivity contribution in [1.29, 1.82) is 0 Å². The van der Waals surface area contributed by atoms with Crippen LogP contribution in [0.25, 0.3) is 11.0 Å². The molecule has 0 spiro atoms. The Kier molecular flexibility index (Phi) is 1.46. The van der Waals surface area contributed by atoms with Crippen LogP contribution in [-0.4, -0.2) is 17.1 Å². The molecule has 0 saturated carbocycles. The Labute approximate surface area is 68.2 Å². The fourth-order valence-corrected chi connectivity index (χ4v) is 1.06. The van der Waals surface area contributed by atoms with Gasteiger partial charge < -0.3 is 9.72 Å². The summed E-state index contributed by atoms with van der Waals surface area (Å²) >= 11 is 0. The molecule has 0 fully saturated rings. The zero-order chi connectivity index (χ0) is 8.55. The molecule has 2 rings (SSSR count). The van der Waals surface area contributed by atoms with E-state index in [0.29, 0.717) is 16.9 Å². The molecule has 0 aliphatic rings. The third-order valence-corrected chi connectivity index (χ3v) is 1.66. The smallest absolute Gasteiger partial charge is 0.213 e. The van der Waals surface area contributed by atoms with Crippen LogP contribution in [0.3, 0.4) is 0 Å². The predicted octanol–water partition coefficient (Wildman–Crippen LogP) is 1.71. The molecule has 1 N–H and O–H groups in total. The zero-order valence-electron chi connectivity index (χ0n) is 6.47. The van der Waals surface area contributed by atoms with E-state index < -0.39 is 0 Å². The maximum absolute atomic E-state index is 12.9. The molecule has 2 heterocycles. The summed E-state index contributed by atoms with van der Waals surface area (Å²) in [4.78, 5) is 6.67. The molecular weight excluding hydrogens is 159 g/mol. The summed E-state index contributed by atoms with van der Waals surface area (Å²) in [7, 11) is 1.50. The van der Waals surface area contributed by atoms with E-state index in [0.717, 1.165) is 0 Å². The fourth-order valence-electron chi connectivity index (χ4n) is 1.06. The summed E-state index contributed by atoms with van der Waals surface area (Å²) in [6.45, 7) is 0. The van der Waals surface area contributed by atoms with Crippen molar-refractivity contribution in [3.63, 3.8) is 0 Å². The number of aromatic amines is 1. The number of ether oxygens (including phenoxy) is 1. The van der Waals surface area contributed by atoms with Crippen LogP contribution < -0.4 is 4.74 Å². The minimum Gasteiger partial charge on any atom is -0.481 e. The van der Waals surface area contributed by atoms with Crippen molar-refractivity contribution in [3.8, 4) is 5.88 Å². The number of fused-ring (bicyclic) bond motifs is 1. The first-order valence-electron chi connectivity index (χ1n) is 3.49. The van der Waals surface area contributed by atoms with Gasteiger partial charge in [0.2, 0.25) is 5.88 Å². The maximum atomic E-state index is 12.9. The Morgan fingerprint density at radius 2 is 2.33 bits per heavy atom. The Morgan fingerprint density at radius 1 is 1.50 bits per heavy atom. The average molecular weight is 166 g/mol. The molecule has 0 aliphatic heterocycles. The minimum absolute atomic E-state index is 0.314. The summed E-state index contributed by atoms with van der Waals surface area (Å²) < 4.78 is 17.8. The van der Waals surface area contributed by atoms with E-state index in [9.17, 15) is 4.39 Å². The molecule has 2 aromatic rings. The van der Waals surface area contributed by atoms with Crippen LogP contribution >= 0.6 is 0 Å². The van der Waals surface area contributed by atoms with Crippen LogP contribution in [0, 0.1) is 5.82 Å². The lowest BCUT2D eigenvalue weighted by Crippen LogP contribution is -1.86. The number of nitrogens with one attached hydrogen (secondary N) is 1. The zero-order valence-corrected chi connectivity index (χ0v) is 6.47. The summed E-state index contributed by atoms with van der Waals surface area (Å²) in [5.74, 6) is 0.0601. The van der Waals surface area contributed by atoms with E-state index in [4.69, 9.17) is 4.74 Å². The second-order valence-corrected chi connectivity index (χ2v) is 2.39. The van der Waals surface area contributed by atoms with Crippen molar-refractivity contribution < 1.29 is 9.13 Å². The second kappa shape index (κ2) is 2.48. The van der Waals surface area contributed by atoms with E-state index >= 15 is 0 Å². The summed E-state index contributed by atoms with van der Waals surface area (Å²) in [5.41, 5.74) is 0.989. The lowest BCUT2D eigenvalue weighted by Gasteiger charge is -1.96. The molecule has 4 heteroatoms. The highest BCUT2D eigenvalue weighted by molar-refractivity contribution is 5.75. The number of aromatic nitrogens is 2. The minimum atomic E-state index is -0.358. The van der Waals surface area contributed by atoms with Gasteiger partial charge in [-0.1, -0.05) is 0 Å². The first-order chi connectivity index (χ1) is 5.81. The largest absolute Gasteiger partial charge is 0.481 e. The SMILES string of the molecule is COc1ccc2[nH]cc(F)c2n1. The van der Waals surface area contributed by atoms with E-state index in [1.807, 2.05) is 0 Å². The van der Waals surface area contributed by atoms with Crippen molar-refractivity contribution in [2.24, 2.45) is 0 Å². The Hall–Kier alpha value is -1.58. The number of halogens is 1. The van der Waals surface area contributed by atoms with Gasteiger partial charge in [0.05, 0.1) is 12.6 Å². The number of hydrogen-bond acceptors (Lipinski definition) is 2. The molecule has 0 radical (unpaired) electrons. The number of pyridine rings is 1. The van der Waals surface area contributed by atoms with Crippen molar-refractivity contribution >= 4 is 11.0 Å². The second-order valence-electron chi connectivity index (χ2n) is 2.39. The van der Waals surface area contributed by atoms with Crippen LogP contribution in [-0.2, 0) is 0 Å². The van der Waals surface area contributed by atoms with Gasteiger partial charge in [-0.25, -0.2) is 9.37 Å². The third-order valence-electron chi connectivity index (χ3n) is 1.66.